The molecule has 0 amide bonds. The van der Waals surface area contributed by atoms with Gasteiger partial charge in [0.15, 0.2) is 0 Å². The summed E-state index contributed by atoms with van der Waals surface area (Å²) in [4.78, 5) is 12.5. The molecule has 0 radical (unpaired) electrons. The van der Waals surface area contributed by atoms with E-state index in [1.807, 2.05) is 13.0 Å². The van der Waals surface area contributed by atoms with E-state index in [-0.39, 0.29) is 11.0 Å². The summed E-state index contributed by atoms with van der Waals surface area (Å²) in [7, 11) is -3.53. The fraction of sp³-hybridized carbons (Fsp3) is 0.471. The highest BCUT2D eigenvalue weighted by atomic mass is 32.2. The first-order chi connectivity index (χ1) is 12.5. The number of hydrogen-bond acceptors (Lipinski definition) is 7. The van der Waals surface area contributed by atoms with Crippen LogP contribution in [-0.4, -0.2) is 59.1 Å². The number of ether oxygens (including phenoxy) is 2. The predicted molar refractivity (Wildman–Crippen MR) is 92.1 cm³/mol. The third-order valence-corrected chi connectivity index (χ3v) is 6.47. The minimum atomic E-state index is -3.53. The molecule has 4 heterocycles. The largest absolute Gasteiger partial charge is 0.460 e. The van der Waals surface area contributed by atoms with Gasteiger partial charge in [-0.05, 0) is 25.1 Å². The highest BCUT2D eigenvalue weighted by Crippen LogP contribution is 2.38. The Kier molecular flexibility index (Phi) is 4.37. The standard InChI is InChI=1S/C17H20N4O4S/c1-13-4-7-19-16(20-13)25-14-5-8-24-17(9-14)11-21(12-17)26(22,23)15-3-2-6-18-10-15/h2-4,6-7,10,14H,5,8-9,11-12H2,1H3. The number of nitrogens with zero attached hydrogens (tertiary/aromatic N) is 4. The Bertz CT molecular complexity index is 885. The van der Waals surface area contributed by atoms with Gasteiger partial charge < -0.3 is 9.47 Å². The van der Waals surface area contributed by atoms with Crippen molar-refractivity contribution < 1.29 is 17.9 Å². The summed E-state index contributed by atoms with van der Waals surface area (Å²) >= 11 is 0. The van der Waals surface area contributed by atoms with Crippen LogP contribution in [0.3, 0.4) is 0 Å². The number of hydrogen-bond donors (Lipinski definition) is 0. The second-order valence-corrected chi connectivity index (χ2v) is 8.64. The first-order valence-electron chi connectivity index (χ1n) is 8.47. The summed E-state index contributed by atoms with van der Waals surface area (Å²) in [6, 6.07) is 5.33. The highest BCUT2D eigenvalue weighted by Gasteiger charge is 2.52. The zero-order valence-corrected chi connectivity index (χ0v) is 15.2. The predicted octanol–water partition coefficient (Wildman–Crippen LogP) is 1.18. The van der Waals surface area contributed by atoms with Crippen LogP contribution in [0.4, 0.5) is 0 Å². The maximum absolute atomic E-state index is 12.6. The third-order valence-electron chi connectivity index (χ3n) is 4.69. The van der Waals surface area contributed by atoms with Crippen LogP contribution >= 0.6 is 0 Å². The first-order valence-corrected chi connectivity index (χ1v) is 9.91. The van der Waals surface area contributed by atoms with Crippen LogP contribution in [0.15, 0.2) is 41.7 Å². The topological polar surface area (TPSA) is 94.5 Å². The van der Waals surface area contributed by atoms with E-state index in [9.17, 15) is 8.42 Å². The maximum atomic E-state index is 12.6. The summed E-state index contributed by atoms with van der Waals surface area (Å²) < 4.78 is 38.5. The number of aromatic nitrogens is 3. The summed E-state index contributed by atoms with van der Waals surface area (Å²) in [5, 5.41) is 0. The van der Waals surface area contributed by atoms with Crippen LogP contribution in [0, 0.1) is 6.92 Å². The molecule has 0 saturated carbocycles. The molecule has 8 nitrogen and oxygen atoms in total. The average Bonchev–Trinajstić information content (AvgIpc) is 2.60. The minimum absolute atomic E-state index is 0.0891. The van der Waals surface area contributed by atoms with Gasteiger partial charge in [0.05, 0.1) is 12.2 Å². The van der Waals surface area contributed by atoms with Gasteiger partial charge in [-0.2, -0.15) is 4.31 Å². The summed E-state index contributed by atoms with van der Waals surface area (Å²) in [5.74, 6) is 0. The van der Waals surface area contributed by atoms with Crippen molar-refractivity contribution in [3.05, 3.63) is 42.5 Å². The average molecular weight is 376 g/mol. The fourth-order valence-corrected chi connectivity index (χ4v) is 4.90. The van der Waals surface area contributed by atoms with Crippen LogP contribution in [-0.2, 0) is 14.8 Å². The Hall–Kier alpha value is -2.10. The molecule has 2 aromatic heterocycles. The van der Waals surface area contributed by atoms with Crippen LogP contribution in [0.1, 0.15) is 18.5 Å². The van der Waals surface area contributed by atoms with E-state index in [2.05, 4.69) is 15.0 Å². The molecule has 2 aliphatic rings. The molecule has 26 heavy (non-hydrogen) atoms. The van der Waals surface area contributed by atoms with Gasteiger partial charge >= 0.3 is 6.01 Å². The lowest BCUT2D eigenvalue weighted by Crippen LogP contribution is -2.67. The lowest BCUT2D eigenvalue weighted by Gasteiger charge is -2.51. The molecule has 0 N–H and O–H groups in total. The highest BCUT2D eigenvalue weighted by molar-refractivity contribution is 7.89. The van der Waals surface area contributed by atoms with Crippen LogP contribution in [0.5, 0.6) is 6.01 Å². The Morgan fingerprint density at radius 1 is 1.31 bits per heavy atom. The van der Waals surface area contributed by atoms with Gasteiger partial charge in [-0.25, -0.2) is 18.4 Å². The summed E-state index contributed by atoms with van der Waals surface area (Å²) in [5.41, 5.74) is 0.344. The van der Waals surface area contributed by atoms with E-state index < -0.39 is 15.6 Å². The molecule has 0 bridgehead atoms. The lowest BCUT2D eigenvalue weighted by molar-refractivity contribution is -0.165. The van der Waals surface area contributed by atoms with Gasteiger partial charge in [0.1, 0.15) is 11.0 Å². The number of rotatable bonds is 4. The summed E-state index contributed by atoms with van der Waals surface area (Å²) in [6.45, 7) is 3.04. The molecule has 1 atom stereocenters. The quantitative estimate of drug-likeness (QED) is 0.791. The molecule has 9 heteroatoms. The Labute approximate surface area is 152 Å². The van der Waals surface area contributed by atoms with Gasteiger partial charge in [0.25, 0.3) is 0 Å². The zero-order chi connectivity index (χ0) is 18.2. The lowest BCUT2D eigenvalue weighted by atomic mass is 9.86. The molecular weight excluding hydrogens is 356 g/mol. The van der Waals surface area contributed by atoms with Crippen LogP contribution in [0.2, 0.25) is 0 Å². The van der Waals surface area contributed by atoms with Crippen molar-refractivity contribution in [2.75, 3.05) is 19.7 Å². The number of aryl methyl sites for hydroxylation is 1. The second kappa shape index (κ2) is 6.57. The number of sulfonamides is 1. The fourth-order valence-electron chi connectivity index (χ4n) is 3.35. The van der Waals surface area contributed by atoms with E-state index in [1.165, 1.54) is 10.5 Å². The van der Waals surface area contributed by atoms with Crippen molar-refractivity contribution >= 4 is 10.0 Å². The molecule has 2 saturated heterocycles. The van der Waals surface area contributed by atoms with Crippen molar-refractivity contribution in [3.63, 3.8) is 0 Å². The van der Waals surface area contributed by atoms with Crippen molar-refractivity contribution in [1.82, 2.24) is 19.3 Å². The summed E-state index contributed by atoms with van der Waals surface area (Å²) in [6.07, 6.45) is 5.84. The van der Waals surface area contributed by atoms with Crippen molar-refractivity contribution in [3.8, 4) is 6.01 Å². The molecule has 4 rings (SSSR count). The minimum Gasteiger partial charge on any atom is -0.460 e. The SMILES string of the molecule is Cc1ccnc(OC2CCOC3(C2)CN(S(=O)(=O)c2cccnc2)C3)n1. The molecule has 1 unspecified atom stereocenters. The molecule has 2 aliphatic heterocycles. The van der Waals surface area contributed by atoms with Gasteiger partial charge in [-0.3, -0.25) is 4.98 Å². The monoisotopic (exact) mass is 376 g/mol. The Morgan fingerprint density at radius 3 is 2.88 bits per heavy atom. The Balaban J connectivity index is 1.41. The van der Waals surface area contributed by atoms with Gasteiger partial charge in [0, 0.05) is 50.2 Å². The molecule has 2 aromatic rings. The Morgan fingerprint density at radius 2 is 2.15 bits per heavy atom. The zero-order valence-electron chi connectivity index (χ0n) is 14.4. The van der Waals surface area contributed by atoms with E-state index in [1.54, 1.807) is 24.5 Å². The van der Waals surface area contributed by atoms with E-state index >= 15 is 0 Å². The van der Waals surface area contributed by atoms with Gasteiger partial charge in [-0.1, -0.05) is 0 Å². The second-order valence-electron chi connectivity index (χ2n) is 6.71. The van der Waals surface area contributed by atoms with Crippen LogP contribution < -0.4 is 4.74 Å². The van der Waals surface area contributed by atoms with E-state index in [0.717, 1.165) is 12.1 Å². The molecule has 2 fully saturated rings. The van der Waals surface area contributed by atoms with Crippen molar-refractivity contribution in [1.29, 1.82) is 0 Å². The van der Waals surface area contributed by atoms with Gasteiger partial charge in [-0.15, -0.1) is 0 Å². The first kappa shape index (κ1) is 17.3. The molecular formula is C17H20N4O4S. The molecule has 0 aromatic carbocycles. The van der Waals surface area contributed by atoms with Gasteiger partial charge in [0.2, 0.25) is 10.0 Å². The van der Waals surface area contributed by atoms with E-state index in [0.29, 0.717) is 32.1 Å². The smallest absolute Gasteiger partial charge is 0.316 e. The van der Waals surface area contributed by atoms with E-state index in [4.69, 9.17) is 9.47 Å². The molecule has 1 spiro atoms. The normalized spacial score (nSPS) is 22.7. The third kappa shape index (κ3) is 3.29. The molecule has 0 aliphatic carbocycles. The van der Waals surface area contributed by atoms with Crippen molar-refractivity contribution in [2.24, 2.45) is 0 Å². The number of pyridine rings is 1. The molecule has 138 valence electrons. The van der Waals surface area contributed by atoms with Crippen molar-refractivity contribution in [2.45, 2.75) is 36.4 Å². The maximum Gasteiger partial charge on any atom is 0.316 e. The van der Waals surface area contributed by atoms with Crippen LogP contribution in [0.25, 0.3) is 0 Å².